The summed E-state index contributed by atoms with van der Waals surface area (Å²) in [4.78, 5) is 16.5. The van der Waals surface area contributed by atoms with Crippen molar-refractivity contribution in [3.63, 3.8) is 0 Å². The van der Waals surface area contributed by atoms with Crippen molar-refractivity contribution in [3.8, 4) is 0 Å². The molecule has 2 aromatic rings. The Morgan fingerprint density at radius 1 is 1.35 bits per heavy atom. The summed E-state index contributed by atoms with van der Waals surface area (Å²) in [5, 5.41) is 4.83. The van der Waals surface area contributed by atoms with Crippen molar-refractivity contribution in [2.24, 2.45) is 5.92 Å². The molecule has 0 saturated heterocycles. The van der Waals surface area contributed by atoms with Gasteiger partial charge < -0.3 is 11.1 Å². The van der Waals surface area contributed by atoms with Crippen LogP contribution in [0.4, 0.5) is 5.82 Å². The number of amides is 1. The number of benzene rings is 1. The topological polar surface area (TPSA) is 68.0 Å². The molecule has 3 N–H and O–H groups in total. The Hall–Kier alpha value is -2.10. The molecule has 1 amide bonds. The Morgan fingerprint density at radius 3 is 2.70 bits per heavy atom. The minimum atomic E-state index is -0.164. The van der Waals surface area contributed by atoms with Crippen LogP contribution in [0.2, 0.25) is 0 Å². The highest BCUT2D eigenvalue weighted by Crippen LogP contribution is 2.20. The summed E-state index contributed by atoms with van der Waals surface area (Å²) in [6.07, 6.45) is 0.895. The number of anilines is 1. The number of hydrogen-bond acceptors (Lipinski definition) is 3. The summed E-state index contributed by atoms with van der Waals surface area (Å²) >= 11 is 0. The van der Waals surface area contributed by atoms with E-state index in [2.05, 4.69) is 31.1 Å². The van der Waals surface area contributed by atoms with Crippen LogP contribution in [0, 0.1) is 5.92 Å². The first kappa shape index (κ1) is 14.3. The molecular formula is C16H21N3O. The molecule has 0 aliphatic rings. The summed E-state index contributed by atoms with van der Waals surface area (Å²) in [5.74, 6) is 0.621. The van der Waals surface area contributed by atoms with E-state index in [1.165, 1.54) is 0 Å². The van der Waals surface area contributed by atoms with Gasteiger partial charge in [0.05, 0.1) is 0 Å². The molecule has 0 fully saturated rings. The zero-order valence-corrected chi connectivity index (χ0v) is 12.2. The van der Waals surface area contributed by atoms with Gasteiger partial charge in [-0.15, -0.1) is 0 Å². The normalized spacial score (nSPS) is 12.6. The number of carbonyl (C=O) groups is 1. The number of nitrogens with two attached hydrogens (primary N) is 1. The standard InChI is InChI=1S/C16H21N3O/c1-4-13(10(2)3)19-16(20)14-9-11-7-5-6-8-12(11)15(17)18-14/h5-10,13H,4H2,1-3H3,(H2,17,18)(H,19,20). The fourth-order valence-corrected chi connectivity index (χ4v) is 2.32. The van der Waals surface area contributed by atoms with Gasteiger partial charge in [-0.25, -0.2) is 4.98 Å². The molecule has 1 aromatic heterocycles. The van der Waals surface area contributed by atoms with Gasteiger partial charge in [0.15, 0.2) is 0 Å². The Balaban J connectivity index is 2.31. The summed E-state index contributed by atoms with van der Waals surface area (Å²) < 4.78 is 0. The maximum atomic E-state index is 12.3. The van der Waals surface area contributed by atoms with Crippen LogP contribution in [0.3, 0.4) is 0 Å². The van der Waals surface area contributed by atoms with Crippen molar-refractivity contribution in [1.29, 1.82) is 0 Å². The van der Waals surface area contributed by atoms with E-state index < -0.39 is 0 Å². The average Bonchev–Trinajstić information content (AvgIpc) is 2.44. The van der Waals surface area contributed by atoms with Crippen molar-refractivity contribution in [2.75, 3.05) is 5.73 Å². The summed E-state index contributed by atoms with van der Waals surface area (Å²) in [6.45, 7) is 6.25. The number of nitrogens with zero attached hydrogens (tertiary/aromatic N) is 1. The average molecular weight is 271 g/mol. The molecule has 2 rings (SSSR count). The van der Waals surface area contributed by atoms with Gasteiger partial charge in [0, 0.05) is 11.4 Å². The maximum Gasteiger partial charge on any atom is 0.270 e. The number of nitrogen functional groups attached to an aromatic ring is 1. The number of fused-ring (bicyclic) bond motifs is 1. The Labute approximate surface area is 119 Å². The van der Waals surface area contributed by atoms with Gasteiger partial charge in [-0.05, 0) is 23.8 Å². The highest BCUT2D eigenvalue weighted by Gasteiger charge is 2.17. The van der Waals surface area contributed by atoms with Crippen LogP contribution in [0.1, 0.15) is 37.7 Å². The third-order valence-electron chi connectivity index (χ3n) is 3.56. The third kappa shape index (κ3) is 2.90. The molecule has 0 aliphatic carbocycles. The van der Waals surface area contributed by atoms with E-state index in [1.54, 1.807) is 6.07 Å². The first-order valence-electron chi connectivity index (χ1n) is 6.99. The van der Waals surface area contributed by atoms with Crippen LogP contribution in [-0.2, 0) is 0 Å². The Kier molecular flexibility index (Phi) is 4.23. The van der Waals surface area contributed by atoms with Crippen molar-refractivity contribution < 1.29 is 4.79 Å². The highest BCUT2D eigenvalue weighted by molar-refractivity contribution is 5.99. The number of aromatic nitrogens is 1. The second-order valence-electron chi connectivity index (χ2n) is 5.35. The second-order valence-corrected chi connectivity index (χ2v) is 5.35. The molecule has 1 aromatic carbocycles. The minimum Gasteiger partial charge on any atom is -0.383 e. The molecule has 1 heterocycles. The summed E-state index contributed by atoms with van der Waals surface area (Å²) in [5.41, 5.74) is 6.30. The lowest BCUT2D eigenvalue weighted by atomic mass is 10.0. The molecule has 1 unspecified atom stereocenters. The molecule has 20 heavy (non-hydrogen) atoms. The second kappa shape index (κ2) is 5.90. The van der Waals surface area contributed by atoms with Crippen LogP contribution in [0.15, 0.2) is 30.3 Å². The molecule has 106 valence electrons. The van der Waals surface area contributed by atoms with Gasteiger partial charge in [-0.3, -0.25) is 4.79 Å². The number of rotatable bonds is 4. The largest absolute Gasteiger partial charge is 0.383 e. The predicted octanol–water partition coefficient (Wildman–Crippen LogP) is 2.98. The quantitative estimate of drug-likeness (QED) is 0.898. The Bertz CT molecular complexity index is 622. The zero-order valence-electron chi connectivity index (χ0n) is 12.2. The van der Waals surface area contributed by atoms with Crippen molar-refractivity contribution in [2.45, 2.75) is 33.2 Å². The molecule has 4 heteroatoms. The van der Waals surface area contributed by atoms with Crippen LogP contribution < -0.4 is 11.1 Å². The van der Waals surface area contributed by atoms with Gasteiger partial charge in [0.1, 0.15) is 11.5 Å². The fourth-order valence-electron chi connectivity index (χ4n) is 2.32. The first-order valence-corrected chi connectivity index (χ1v) is 6.99. The lowest BCUT2D eigenvalue weighted by Crippen LogP contribution is -2.38. The molecule has 0 radical (unpaired) electrons. The molecule has 0 saturated carbocycles. The van der Waals surface area contributed by atoms with E-state index in [1.807, 2.05) is 24.3 Å². The molecule has 0 spiro atoms. The van der Waals surface area contributed by atoms with Crippen LogP contribution in [-0.4, -0.2) is 16.9 Å². The fraction of sp³-hybridized carbons (Fsp3) is 0.375. The van der Waals surface area contributed by atoms with Crippen LogP contribution >= 0.6 is 0 Å². The molecule has 1 atom stereocenters. The number of carbonyl (C=O) groups excluding carboxylic acids is 1. The van der Waals surface area contributed by atoms with E-state index in [0.717, 1.165) is 17.2 Å². The zero-order chi connectivity index (χ0) is 14.7. The number of nitrogens with one attached hydrogen (secondary N) is 1. The number of hydrogen-bond donors (Lipinski definition) is 2. The smallest absolute Gasteiger partial charge is 0.270 e. The van der Waals surface area contributed by atoms with E-state index in [0.29, 0.717) is 17.4 Å². The monoisotopic (exact) mass is 271 g/mol. The predicted molar refractivity (Wildman–Crippen MR) is 82.5 cm³/mol. The van der Waals surface area contributed by atoms with Gasteiger partial charge in [-0.1, -0.05) is 45.0 Å². The molecule has 0 bridgehead atoms. The van der Waals surface area contributed by atoms with E-state index >= 15 is 0 Å². The molecule has 0 aliphatic heterocycles. The highest BCUT2D eigenvalue weighted by atomic mass is 16.1. The first-order chi connectivity index (χ1) is 9.52. The van der Waals surface area contributed by atoms with Gasteiger partial charge in [0.25, 0.3) is 5.91 Å². The van der Waals surface area contributed by atoms with E-state index in [-0.39, 0.29) is 11.9 Å². The lowest BCUT2D eigenvalue weighted by molar-refractivity contribution is 0.0920. The van der Waals surface area contributed by atoms with Gasteiger partial charge in [-0.2, -0.15) is 0 Å². The minimum absolute atomic E-state index is 0.150. The van der Waals surface area contributed by atoms with Crippen molar-refractivity contribution in [3.05, 3.63) is 36.0 Å². The SMILES string of the molecule is CCC(NC(=O)c1cc2ccccc2c(N)n1)C(C)C. The van der Waals surface area contributed by atoms with Crippen molar-refractivity contribution >= 4 is 22.5 Å². The molecular weight excluding hydrogens is 250 g/mol. The van der Waals surface area contributed by atoms with Gasteiger partial charge >= 0.3 is 0 Å². The third-order valence-corrected chi connectivity index (χ3v) is 3.56. The Morgan fingerprint density at radius 2 is 2.05 bits per heavy atom. The molecule has 4 nitrogen and oxygen atoms in total. The summed E-state index contributed by atoms with van der Waals surface area (Å²) in [6, 6.07) is 9.61. The number of pyridine rings is 1. The lowest BCUT2D eigenvalue weighted by Gasteiger charge is -2.20. The van der Waals surface area contributed by atoms with Crippen LogP contribution in [0.5, 0.6) is 0 Å². The summed E-state index contributed by atoms with van der Waals surface area (Å²) in [7, 11) is 0. The maximum absolute atomic E-state index is 12.3. The van der Waals surface area contributed by atoms with Crippen LogP contribution in [0.25, 0.3) is 10.8 Å². The van der Waals surface area contributed by atoms with Crippen molar-refractivity contribution in [1.82, 2.24) is 10.3 Å². The van der Waals surface area contributed by atoms with E-state index in [4.69, 9.17) is 5.73 Å². The van der Waals surface area contributed by atoms with E-state index in [9.17, 15) is 4.79 Å². The van der Waals surface area contributed by atoms with Gasteiger partial charge in [0.2, 0.25) is 0 Å².